The molecule has 3 aliphatic rings. The quantitative estimate of drug-likeness (QED) is 0.346. The van der Waals surface area contributed by atoms with E-state index in [-0.39, 0.29) is 45.0 Å². The molecule has 1 N–H and O–H groups in total. The number of fused-ring (bicyclic) bond motifs is 1. The van der Waals surface area contributed by atoms with Crippen molar-refractivity contribution in [1.82, 2.24) is 10.2 Å². The molecule has 1 unspecified atom stereocenters. The van der Waals surface area contributed by atoms with Gasteiger partial charge >= 0.3 is 0 Å². The number of rotatable bonds is 7. The molecule has 5 nitrogen and oxygen atoms in total. The molecule has 2 saturated carbocycles. The largest absolute Gasteiger partial charge is 0.511 e. The van der Waals surface area contributed by atoms with Gasteiger partial charge in [0.25, 0.3) is 0 Å². The molecule has 2 fully saturated rings. The number of allylic oxidation sites excluding steroid dienone is 2. The van der Waals surface area contributed by atoms with Gasteiger partial charge in [0.2, 0.25) is 0 Å². The van der Waals surface area contributed by atoms with Gasteiger partial charge in [0.05, 0.1) is 11.6 Å². The van der Waals surface area contributed by atoms with Crippen molar-refractivity contribution in [2.45, 2.75) is 139 Å². The fourth-order valence-electron chi connectivity index (χ4n) is 10.1. The summed E-state index contributed by atoms with van der Waals surface area (Å²) in [5, 5.41) is 32.6. The second-order valence-electron chi connectivity index (χ2n) is 16.7. The van der Waals surface area contributed by atoms with Crippen molar-refractivity contribution in [2.24, 2.45) is 44.8 Å². The topological polar surface area (TPSA) is 86.9 Å². The molecule has 0 saturated heterocycles. The lowest BCUT2D eigenvalue weighted by Crippen LogP contribution is -2.59. The summed E-state index contributed by atoms with van der Waals surface area (Å²) in [6.07, 6.45) is 8.74. The number of carbonyl (C=O) groups excluding carboxylic acids is 1. The van der Waals surface area contributed by atoms with E-state index in [1.54, 1.807) is 18.3 Å². The molecule has 6 atom stereocenters. The van der Waals surface area contributed by atoms with Crippen LogP contribution in [0.15, 0.2) is 11.3 Å². The molecule has 228 valence electrons. The summed E-state index contributed by atoms with van der Waals surface area (Å²) in [7, 11) is 0. The number of aliphatic hydroxyl groups excluding tert-OH is 1. The normalized spacial score (nSPS) is 36.9. The minimum Gasteiger partial charge on any atom is -0.511 e. The van der Waals surface area contributed by atoms with E-state index in [1.807, 2.05) is 0 Å². The highest BCUT2D eigenvalue weighted by Crippen LogP contribution is 2.70. The molecular weight excluding hydrogens is 526 g/mol. The van der Waals surface area contributed by atoms with Gasteiger partial charge in [-0.2, -0.15) is 5.26 Å². The lowest BCUT2D eigenvalue weighted by molar-refractivity contribution is -0.161. The van der Waals surface area contributed by atoms with E-state index < -0.39 is 5.41 Å². The first-order valence-corrected chi connectivity index (χ1v) is 16.7. The van der Waals surface area contributed by atoms with Crippen LogP contribution in [-0.2, 0) is 10.2 Å². The van der Waals surface area contributed by atoms with Gasteiger partial charge in [-0.3, -0.25) is 0 Å². The fourth-order valence-corrected chi connectivity index (χ4v) is 11.1. The Kier molecular flexibility index (Phi) is 8.21. The van der Waals surface area contributed by atoms with Crippen LogP contribution < -0.4 is 0 Å². The molecule has 0 spiro atoms. The third kappa shape index (κ3) is 5.21. The number of nitriles is 1. The van der Waals surface area contributed by atoms with Crippen molar-refractivity contribution < 1.29 is 9.90 Å². The first-order valence-electron chi connectivity index (χ1n) is 15.9. The van der Waals surface area contributed by atoms with Crippen molar-refractivity contribution >= 4 is 17.1 Å². The molecule has 1 heterocycles. The maximum atomic E-state index is 12.9. The third-order valence-electron chi connectivity index (χ3n) is 13.0. The predicted octanol–water partition coefficient (Wildman–Crippen LogP) is 9.52. The van der Waals surface area contributed by atoms with Crippen LogP contribution in [0.3, 0.4) is 0 Å². The standard InChI is InChI=1S/C35H55N3O2S/c1-22-19-30(4,5)14-16-35(22,29-38-37-24(3)41-29)17-15-31(6,7)34(11)13-12-26-32(8,9)28(40)25(21-36)20-33(26,10)27(34)18-23(2)39/h22,26-27,40H,12-20H2,1-11H3/t22?,26-,27+,33-,34+,35-/m0/s1. The minimum atomic E-state index is -0.483. The smallest absolute Gasteiger partial charge is 0.130 e. The van der Waals surface area contributed by atoms with E-state index in [9.17, 15) is 15.2 Å². The molecule has 0 aliphatic heterocycles. The zero-order chi connectivity index (χ0) is 30.8. The molecule has 0 radical (unpaired) electrons. The van der Waals surface area contributed by atoms with Gasteiger partial charge in [0.1, 0.15) is 21.6 Å². The number of carbonyl (C=O) groups is 1. The number of ketones is 1. The maximum absolute atomic E-state index is 12.9. The van der Waals surface area contributed by atoms with Crippen LogP contribution in [0.2, 0.25) is 0 Å². The molecular formula is C35H55N3O2S. The Morgan fingerprint density at radius 1 is 1.12 bits per heavy atom. The Labute approximate surface area is 253 Å². The van der Waals surface area contributed by atoms with E-state index in [0.717, 1.165) is 37.1 Å². The van der Waals surface area contributed by atoms with Crippen LogP contribution in [0.1, 0.15) is 137 Å². The van der Waals surface area contributed by atoms with Crippen molar-refractivity contribution in [2.75, 3.05) is 0 Å². The van der Waals surface area contributed by atoms with Crippen LogP contribution >= 0.6 is 11.3 Å². The van der Waals surface area contributed by atoms with Crippen LogP contribution in [0.5, 0.6) is 0 Å². The summed E-state index contributed by atoms with van der Waals surface area (Å²) in [6, 6.07) is 2.35. The van der Waals surface area contributed by atoms with Crippen molar-refractivity contribution in [3.8, 4) is 6.07 Å². The van der Waals surface area contributed by atoms with Crippen molar-refractivity contribution in [1.29, 1.82) is 5.26 Å². The second kappa shape index (κ2) is 10.5. The highest BCUT2D eigenvalue weighted by Gasteiger charge is 2.63. The van der Waals surface area contributed by atoms with E-state index in [4.69, 9.17) is 5.10 Å². The summed E-state index contributed by atoms with van der Waals surface area (Å²) in [6.45, 7) is 24.9. The van der Waals surface area contributed by atoms with Crippen LogP contribution in [0.4, 0.5) is 0 Å². The van der Waals surface area contributed by atoms with E-state index in [2.05, 4.69) is 80.4 Å². The number of hydrogen-bond acceptors (Lipinski definition) is 6. The van der Waals surface area contributed by atoms with Crippen LogP contribution in [-0.4, -0.2) is 21.1 Å². The zero-order valence-corrected chi connectivity index (χ0v) is 28.5. The van der Waals surface area contributed by atoms with Crippen molar-refractivity contribution in [3.63, 3.8) is 0 Å². The number of nitrogens with zero attached hydrogens (tertiary/aromatic N) is 3. The zero-order valence-electron chi connectivity index (χ0n) is 27.7. The Morgan fingerprint density at radius 2 is 1.78 bits per heavy atom. The Balaban J connectivity index is 1.73. The fraction of sp³-hybridized carbons (Fsp3) is 0.829. The molecule has 1 aromatic rings. The average Bonchev–Trinajstić information content (AvgIpc) is 3.29. The highest BCUT2D eigenvalue weighted by atomic mass is 32.1. The molecule has 0 bridgehead atoms. The molecule has 0 aromatic carbocycles. The molecule has 3 aliphatic carbocycles. The lowest BCUT2D eigenvalue weighted by Gasteiger charge is -2.65. The number of hydrogen-bond donors (Lipinski definition) is 1. The number of aliphatic hydroxyl groups is 1. The van der Waals surface area contributed by atoms with E-state index in [1.165, 1.54) is 17.8 Å². The van der Waals surface area contributed by atoms with Gasteiger partial charge < -0.3 is 9.90 Å². The van der Waals surface area contributed by atoms with Crippen LogP contribution in [0, 0.1) is 63.1 Å². The monoisotopic (exact) mass is 581 g/mol. The SMILES string of the molecule is CC(=O)C[C@@H]1[C@@]2(C)CC(C#N)=C(O)C(C)(C)[C@@H]2CC[C@@]1(C)C(C)(C)CC[C@@]1(c2nnc(C)s2)CCC(C)(C)CC1C. The highest BCUT2D eigenvalue weighted by molar-refractivity contribution is 7.11. The molecule has 6 heteroatoms. The Morgan fingerprint density at radius 3 is 2.32 bits per heavy atom. The van der Waals surface area contributed by atoms with Crippen molar-refractivity contribution in [3.05, 3.63) is 21.3 Å². The van der Waals surface area contributed by atoms with E-state index >= 15 is 0 Å². The summed E-state index contributed by atoms with van der Waals surface area (Å²) >= 11 is 1.78. The predicted molar refractivity (Wildman–Crippen MR) is 168 cm³/mol. The maximum Gasteiger partial charge on any atom is 0.130 e. The summed E-state index contributed by atoms with van der Waals surface area (Å²) in [5.74, 6) is 1.35. The first kappa shape index (κ1) is 32.2. The van der Waals surface area contributed by atoms with E-state index in [0.29, 0.717) is 29.7 Å². The van der Waals surface area contributed by atoms with Gasteiger partial charge in [-0.1, -0.05) is 62.3 Å². The van der Waals surface area contributed by atoms with Gasteiger partial charge in [-0.25, -0.2) is 0 Å². The molecule has 4 rings (SSSR count). The van der Waals surface area contributed by atoms with Gasteiger partial charge in [0, 0.05) is 17.3 Å². The molecule has 0 amide bonds. The van der Waals surface area contributed by atoms with Gasteiger partial charge in [0.15, 0.2) is 0 Å². The lowest BCUT2D eigenvalue weighted by atomic mass is 9.39. The third-order valence-corrected chi connectivity index (χ3v) is 14.1. The number of Topliss-reactive ketones (excluding diaryl/α,β-unsaturated/α-hetero) is 1. The van der Waals surface area contributed by atoms with Gasteiger partial charge in [-0.05, 0) is 105 Å². The number of aromatic nitrogens is 2. The minimum absolute atomic E-state index is 0.0294. The first-order chi connectivity index (χ1) is 18.8. The Bertz CT molecular complexity index is 1250. The molecule has 41 heavy (non-hydrogen) atoms. The average molecular weight is 582 g/mol. The number of aryl methyl sites for hydroxylation is 1. The summed E-state index contributed by atoms with van der Waals surface area (Å²) in [5.41, 5.74) is 0.0177. The summed E-state index contributed by atoms with van der Waals surface area (Å²) in [4.78, 5) is 12.9. The Hall–Kier alpha value is -1.74. The van der Waals surface area contributed by atoms with Crippen LogP contribution in [0.25, 0.3) is 0 Å². The van der Waals surface area contributed by atoms with Gasteiger partial charge in [-0.15, -0.1) is 21.5 Å². The summed E-state index contributed by atoms with van der Waals surface area (Å²) < 4.78 is 0. The molecule has 1 aromatic heterocycles. The second-order valence-corrected chi connectivity index (χ2v) is 17.9.